The predicted octanol–water partition coefficient (Wildman–Crippen LogP) is 4.23. The van der Waals surface area contributed by atoms with Gasteiger partial charge in [-0.1, -0.05) is 18.2 Å². The van der Waals surface area contributed by atoms with E-state index in [-0.39, 0.29) is 23.6 Å². The lowest BCUT2D eigenvalue weighted by atomic mass is 10.0. The lowest BCUT2D eigenvalue weighted by Crippen LogP contribution is -2.15. The fourth-order valence-corrected chi connectivity index (χ4v) is 4.70. The number of hydrogen-bond acceptors (Lipinski definition) is 5. The molecular formula is C22H22FN3O3S. The second-order valence-electron chi connectivity index (χ2n) is 7.04. The lowest BCUT2D eigenvalue weighted by Gasteiger charge is -2.18. The van der Waals surface area contributed by atoms with Crippen LogP contribution in [0.15, 0.2) is 42.5 Å². The number of carbonyl (C=O) groups excluding carboxylic acids is 1. The van der Waals surface area contributed by atoms with Gasteiger partial charge in [-0.05, 0) is 42.3 Å². The average molecular weight is 428 g/mol. The number of amides is 1. The van der Waals surface area contributed by atoms with Crippen LogP contribution >= 0.6 is 11.8 Å². The fraction of sp³-hybridized carbons (Fsp3) is 0.273. The highest BCUT2D eigenvalue weighted by atomic mass is 32.2. The van der Waals surface area contributed by atoms with Gasteiger partial charge in [0.25, 0.3) is 0 Å². The van der Waals surface area contributed by atoms with Gasteiger partial charge in [0.05, 0.1) is 23.8 Å². The number of fused-ring (bicyclic) bond motifs is 1. The van der Waals surface area contributed by atoms with Crippen molar-refractivity contribution in [3.8, 4) is 11.5 Å². The van der Waals surface area contributed by atoms with Gasteiger partial charge in [-0.25, -0.2) is 4.39 Å². The highest BCUT2D eigenvalue weighted by Gasteiger charge is 2.30. The molecule has 6 nitrogen and oxygen atoms in total. The maximum atomic E-state index is 13.1. The molecule has 0 aliphatic carbocycles. The normalized spacial score (nSPS) is 15.9. The summed E-state index contributed by atoms with van der Waals surface area (Å²) in [6.45, 7) is 2.23. The van der Waals surface area contributed by atoms with E-state index in [9.17, 15) is 9.18 Å². The number of nitrogens with one attached hydrogen (secondary N) is 1. The number of rotatable bonds is 5. The van der Waals surface area contributed by atoms with E-state index in [1.165, 1.54) is 12.1 Å². The molecule has 156 valence electrons. The van der Waals surface area contributed by atoms with Crippen molar-refractivity contribution in [1.82, 2.24) is 9.78 Å². The standard InChI is InChI=1S/C22H22FN3O3S/c1-13-20-21(30-12-19(27)24-22(20)26(2)25-13)15-6-9-17(28-3)18(10-15)29-11-14-4-7-16(23)8-5-14/h4-10,21H,11-12H2,1-3H3,(H,24,27)/t21-/m1/s1. The Morgan fingerprint density at radius 3 is 2.73 bits per heavy atom. The predicted molar refractivity (Wildman–Crippen MR) is 115 cm³/mol. The molecule has 0 bridgehead atoms. The number of methoxy groups -OCH3 is 1. The first-order chi connectivity index (χ1) is 14.5. The third-order valence-electron chi connectivity index (χ3n) is 4.97. The molecule has 0 unspecified atom stereocenters. The molecular weight excluding hydrogens is 405 g/mol. The summed E-state index contributed by atoms with van der Waals surface area (Å²) in [5, 5.41) is 7.36. The van der Waals surface area contributed by atoms with Crippen molar-refractivity contribution in [3.05, 3.63) is 70.7 Å². The van der Waals surface area contributed by atoms with Crippen LogP contribution in [0.2, 0.25) is 0 Å². The van der Waals surface area contributed by atoms with E-state index in [0.717, 1.165) is 28.2 Å². The van der Waals surface area contributed by atoms with Gasteiger partial charge in [0.2, 0.25) is 5.91 Å². The van der Waals surface area contributed by atoms with Crippen LogP contribution in [-0.4, -0.2) is 28.6 Å². The number of aromatic nitrogens is 2. The summed E-state index contributed by atoms with van der Waals surface area (Å²) in [6.07, 6.45) is 0. The number of carbonyl (C=O) groups is 1. The number of hydrogen-bond donors (Lipinski definition) is 1. The summed E-state index contributed by atoms with van der Waals surface area (Å²) < 4.78 is 26.3. The first-order valence-corrected chi connectivity index (χ1v) is 10.5. The van der Waals surface area contributed by atoms with Crippen molar-refractivity contribution in [2.45, 2.75) is 18.8 Å². The lowest BCUT2D eigenvalue weighted by molar-refractivity contribution is -0.113. The Morgan fingerprint density at radius 2 is 2.00 bits per heavy atom. The zero-order chi connectivity index (χ0) is 21.3. The van der Waals surface area contributed by atoms with Crippen LogP contribution in [0.1, 0.15) is 27.6 Å². The minimum atomic E-state index is -0.283. The van der Waals surface area contributed by atoms with E-state index in [4.69, 9.17) is 9.47 Å². The Kier molecular flexibility index (Phi) is 5.67. The van der Waals surface area contributed by atoms with E-state index in [0.29, 0.717) is 17.3 Å². The molecule has 30 heavy (non-hydrogen) atoms. The third kappa shape index (κ3) is 4.00. The molecule has 1 N–H and O–H groups in total. The van der Waals surface area contributed by atoms with Crippen LogP contribution in [0.25, 0.3) is 0 Å². The van der Waals surface area contributed by atoms with Crippen molar-refractivity contribution in [2.24, 2.45) is 7.05 Å². The van der Waals surface area contributed by atoms with Gasteiger partial charge in [-0.2, -0.15) is 5.10 Å². The molecule has 1 amide bonds. The molecule has 1 aromatic heterocycles. The van der Waals surface area contributed by atoms with Gasteiger partial charge in [0, 0.05) is 12.6 Å². The molecule has 0 spiro atoms. The Morgan fingerprint density at radius 1 is 1.23 bits per heavy atom. The van der Waals surface area contributed by atoms with Crippen molar-refractivity contribution in [2.75, 3.05) is 18.2 Å². The number of aryl methyl sites for hydroxylation is 2. The molecule has 2 heterocycles. The maximum Gasteiger partial charge on any atom is 0.235 e. The molecule has 0 saturated carbocycles. The quantitative estimate of drug-likeness (QED) is 0.660. The Hall–Kier alpha value is -3.00. The van der Waals surface area contributed by atoms with Crippen molar-refractivity contribution in [3.63, 3.8) is 0 Å². The Bertz CT molecular complexity index is 1080. The molecule has 0 fully saturated rings. The number of ether oxygens (including phenoxy) is 2. The van der Waals surface area contributed by atoms with Crippen molar-refractivity contribution in [1.29, 1.82) is 0 Å². The number of thioether (sulfide) groups is 1. The number of benzene rings is 2. The minimum Gasteiger partial charge on any atom is -0.493 e. The number of nitrogens with zero attached hydrogens (tertiary/aromatic N) is 2. The molecule has 3 aromatic rings. The van der Waals surface area contributed by atoms with Gasteiger partial charge in [-0.15, -0.1) is 11.8 Å². The van der Waals surface area contributed by atoms with E-state index in [1.54, 1.807) is 35.7 Å². The van der Waals surface area contributed by atoms with Gasteiger partial charge < -0.3 is 14.8 Å². The van der Waals surface area contributed by atoms with E-state index in [2.05, 4.69) is 10.4 Å². The Labute approximate surface area is 178 Å². The van der Waals surface area contributed by atoms with Crippen molar-refractivity contribution < 1.29 is 18.7 Å². The molecule has 4 rings (SSSR count). The highest BCUT2D eigenvalue weighted by molar-refractivity contribution is 8.00. The van der Waals surface area contributed by atoms with E-state index >= 15 is 0 Å². The fourth-order valence-electron chi connectivity index (χ4n) is 3.52. The smallest absolute Gasteiger partial charge is 0.235 e. The first-order valence-electron chi connectivity index (χ1n) is 9.46. The molecule has 2 aromatic carbocycles. The second-order valence-corrected chi connectivity index (χ2v) is 8.13. The Balaban J connectivity index is 1.67. The monoisotopic (exact) mass is 427 g/mol. The molecule has 1 atom stereocenters. The van der Waals surface area contributed by atoms with Crippen LogP contribution in [0, 0.1) is 12.7 Å². The van der Waals surface area contributed by atoms with E-state index in [1.807, 2.05) is 32.2 Å². The maximum absolute atomic E-state index is 13.1. The van der Waals surface area contributed by atoms with Gasteiger partial charge >= 0.3 is 0 Å². The summed E-state index contributed by atoms with van der Waals surface area (Å²) in [7, 11) is 3.41. The number of anilines is 1. The van der Waals surface area contributed by atoms with E-state index < -0.39 is 0 Å². The summed E-state index contributed by atoms with van der Waals surface area (Å²) in [5.74, 6) is 1.93. The molecule has 8 heteroatoms. The van der Waals surface area contributed by atoms with Gasteiger partial charge in [-0.3, -0.25) is 9.48 Å². The highest BCUT2D eigenvalue weighted by Crippen LogP contribution is 2.45. The molecule has 1 aliphatic rings. The van der Waals surface area contributed by atoms with Gasteiger partial charge in [0.1, 0.15) is 18.2 Å². The molecule has 0 saturated heterocycles. The second kappa shape index (κ2) is 8.39. The van der Waals surface area contributed by atoms with Crippen molar-refractivity contribution >= 4 is 23.5 Å². The van der Waals surface area contributed by atoms with Gasteiger partial charge in [0.15, 0.2) is 11.5 Å². The first kappa shape index (κ1) is 20.3. The average Bonchev–Trinajstić information content (AvgIpc) is 2.90. The zero-order valence-electron chi connectivity index (χ0n) is 16.9. The van der Waals surface area contributed by atoms with Crippen LogP contribution in [-0.2, 0) is 18.4 Å². The minimum absolute atomic E-state index is 0.0481. The summed E-state index contributed by atoms with van der Waals surface area (Å²) in [5.41, 5.74) is 3.71. The zero-order valence-corrected chi connectivity index (χ0v) is 17.8. The molecule has 0 radical (unpaired) electrons. The number of halogens is 1. The topological polar surface area (TPSA) is 65.4 Å². The SMILES string of the molecule is COc1ccc([C@H]2SCC(=O)Nc3c2c(C)nn3C)cc1OCc1ccc(F)cc1. The van der Waals surface area contributed by atoms with Crippen LogP contribution < -0.4 is 14.8 Å². The molecule has 1 aliphatic heterocycles. The summed E-state index contributed by atoms with van der Waals surface area (Å²) >= 11 is 1.55. The van der Waals surface area contributed by atoms with Crippen LogP contribution in [0.5, 0.6) is 11.5 Å². The third-order valence-corrected chi connectivity index (χ3v) is 6.24. The van der Waals surface area contributed by atoms with Crippen LogP contribution in [0.3, 0.4) is 0 Å². The largest absolute Gasteiger partial charge is 0.493 e. The van der Waals surface area contributed by atoms with Crippen LogP contribution in [0.4, 0.5) is 10.2 Å². The summed E-state index contributed by atoms with van der Waals surface area (Å²) in [4.78, 5) is 12.2. The summed E-state index contributed by atoms with van der Waals surface area (Å²) in [6, 6.07) is 12.0.